The van der Waals surface area contributed by atoms with Crippen LogP contribution in [0.1, 0.15) is 5.56 Å². The summed E-state index contributed by atoms with van der Waals surface area (Å²) in [5, 5.41) is 0. The zero-order chi connectivity index (χ0) is 8.27. The molecule has 0 radical (unpaired) electrons. The maximum absolute atomic E-state index is 12.6. The second-order valence-corrected chi connectivity index (χ2v) is 2.91. The quantitative estimate of drug-likeness (QED) is 0.825. The molecule has 1 aromatic carbocycles. The fourth-order valence-electron chi connectivity index (χ4n) is 0.726. The Hall–Kier alpha value is -0.160. The van der Waals surface area contributed by atoms with Crippen molar-refractivity contribution < 1.29 is 9.23 Å². The molecule has 2 nitrogen and oxygen atoms in total. The van der Waals surface area contributed by atoms with E-state index in [9.17, 15) is 4.39 Å². The molecule has 0 aliphatic heterocycles. The number of rotatable bonds is 2. The lowest BCUT2D eigenvalue weighted by molar-refractivity contribution is 0.124. The molecule has 1 aromatic rings. The van der Waals surface area contributed by atoms with Gasteiger partial charge in [-0.25, -0.2) is 10.3 Å². The summed E-state index contributed by atoms with van der Waals surface area (Å²) in [4.78, 5) is 4.38. The topological polar surface area (TPSA) is 35.2 Å². The van der Waals surface area contributed by atoms with Gasteiger partial charge < -0.3 is 0 Å². The molecule has 0 saturated heterocycles. The highest BCUT2D eigenvalue weighted by Gasteiger charge is 1.99. The molecule has 0 heterocycles. The van der Waals surface area contributed by atoms with Crippen LogP contribution in [0, 0.1) is 5.82 Å². The first-order valence-corrected chi connectivity index (χ1v) is 3.79. The van der Waals surface area contributed by atoms with Crippen LogP contribution in [0.3, 0.4) is 0 Å². The van der Waals surface area contributed by atoms with Gasteiger partial charge in [-0.05, 0) is 33.6 Å². The van der Waals surface area contributed by atoms with Crippen LogP contribution in [0.5, 0.6) is 0 Å². The van der Waals surface area contributed by atoms with Crippen molar-refractivity contribution >= 4 is 28.3 Å². The summed E-state index contributed by atoms with van der Waals surface area (Å²) in [5.74, 6) is 4.55. The van der Waals surface area contributed by atoms with Crippen molar-refractivity contribution in [2.45, 2.75) is 6.61 Å². The van der Waals surface area contributed by atoms with E-state index in [1.165, 1.54) is 6.07 Å². The van der Waals surface area contributed by atoms with E-state index in [0.29, 0.717) is 11.1 Å². The van der Waals surface area contributed by atoms with Crippen LogP contribution in [0.2, 0.25) is 0 Å². The number of hydrogen-bond acceptors (Lipinski definition) is 2. The van der Waals surface area contributed by atoms with E-state index in [1.54, 1.807) is 12.1 Å². The Morgan fingerprint density at radius 3 is 2.67 bits per heavy atom. The minimum atomic E-state index is -0.286. The van der Waals surface area contributed by atoms with E-state index in [-0.39, 0.29) is 18.2 Å². The number of hydrogen-bond donors (Lipinski definition) is 1. The molecule has 0 atom stereocenters. The van der Waals surface area contributed by atoms with Crippen molar-refractivity contribution in [2.24, 2.45) is 5.90 Å². The third-order valence-electron chi connectivity index (χ3n) is 1.23. The predicted molar refractivity (Wildman–Crippen MR) is 50.3 cm³/mol. The molecule has 0 spiro atoms. The predicted octanol–water partition coefficient (Wildman–Crippen LogP) is 2.40. The second-order valence-electron chi connectivity index (χ2n) is 2.06. The van der Waals surface area contributed by atoms with Crippen molar-refractivity contribution in [3.05, 3.63) is 34.1 Å². The van der Waals surface area contributed by atoms with E-state index < -0.39 is 0 Å². The molecule has 0 unspecified atom stereocenters. The normalized spacial score (nSPS) is 9.25. The summed E-state index contributed by atoms with van der Waals surface area (Å²) >= 11 is 3.04. The van der Waals surface area contributed by atoms with E-state index >= 15 is 0 Å². The van der Waals surface area contributed by atoms with Crippen molar-refractivity contribution in [3.8, 4) is 0 Å². The molecule has 0 bridgehead atoms. The third-order valence-corrected chi connectivity index (χ3v) is 1.84. The van der Waals surface area contributed by atoms with E-state index in [2.05, 4.69) is 20.8 Å². The molecule has 0 aliphatic rings. The van der Waals surface area contributed by atoms with Crippen LogP contribution in [0.4, 0.5) is 4.39 Å². The fourth-order valence-corrected chi connectivity index (χ4v) is 1.15. The Bertz CT molecular complexity index is 259. The first kappa shape index (κ1) is 11.8. The zero-order valence-corrected chi connectivity index (χ0v) is 8.49. The largest absolute Gasteiger partial charge is 0.300 e. The number of nitrogens with two attached hydrogens (primary N) is 1. The van der Waals surface area contributed by atoms with Gasteiger partial charge in [0.1, 0.15) is 5.82 Å². The van der Waals surface area contributed by atoms with Crippen LogP contribution < -0.4 is 5.90 Å². The summed E-state index contributed by atoms with van der Waals surface area (Å²) in [7, 11) is 0. The van der Waals surface area contributed by atoms with Crippen LogP contribution in [-0.2, 0) is 11.4 Å². The smallest absolute Gasteiger partial charge is 0.137 e. The van der Waals surface area contributed by atoms with Gasteiger partial charge in [0.15, 0.2) is 0 Å². The van der Waals surface area contributed by atoms with Gasteiger partial charge >= 0.3 is 0 Å². The Labute approximate surface area is 84.4 Å². The Kier molecular flexibility index (Phi) is 5.41. The molecule has 12 heavy (non-hydrogen) atoms. The third kappa shape index (κ3) is 3.06. The average molecular weight is 257 g/mol. The first-order valence-electron chi connectivity index (χ1n) is 2.99. The highest BCUT2D eigenvalue weighted by Crippen LogP contribution is 2.16. The van der Waals surface area contributed by atoms with Gasteiger partial charge in [0, 0.05) is 0 Å². The van der Waals surface area contributed by atoms with Gasteiger partial charge in [-0.3, -0.25) is 4.84 Å². The van der Waals surface area contributed by atoms with Crippen LogP contribution in [0.25, 0.3) is 0 Å². The fraction of sp³-hybridized carbons (Fsp3) is 0.143. The molecule has 0 aromatic heterocycles. The summed E-state index contributed by atoms with van der Waals surface area (Å²) in [6.07, 6.45) is 0. The minimum absolute atomic E-state index is 0. The van der Waals surface area contributed by atoms with Gasteiger partial charge in [-0.15, -0.1) is 12.4 Å². The molecule has 2 N–H and O–H groups in total. The van der Waals surface area contributed by atoms with Gasteiger partial charge in [0.25, 0.3) is 0 Å². The molecule has 1 rings (SSSR count). The standard InChI is InChI=1S/C7H7BrFNO.ClH/c8-6-3-5(4-11-10)1-2-7(6)9;/h1-3H,4,10H2;1H. The Balaban J connectivity index is 0.00000121. The van der Waals surface area contributed by atoms with Gasteiger partial charge in [0.2, 0.25) is 0 Å². The Morgan fingerprint density at radius 1 is 1.50 bits per heavy atom. The maximum atomic E-state index is 12.6. The van der Waals surface area contributed by atoms with Crippen LogP contribution in [-0.4, -0.2) is 0 Å². The average Bonchev–Trinajstić information content (AvgIpc) is 1.98. The van der Waals surface area contributed by atoms with Crippen molar-refractivity contribution in [3.63, 3.8) is 0 Å². The molecule has 0 saturated carbocycles. The van der Waals surface area contributed by atoms with Gasteiger partial charge in [0.05, 0.1) is 11.1 Å². The molecular weight excluding hydrogens is 248 g/mol. The molecule has 0 aliphatic carbocycles. The molecule has 0 fully saturated rings. The lowest BCUT2D eigenvalue weighted by atomic mass is 10.2. The number of benzene rings is 1. The molecule has 68 valence electrons. The molecular formula is C7H8BrClFNO. The molecule has 0 amide bonds. The maximum Gasteiger partial charge on any atom is 0.137 e. The van der Waals surface area contributed by atoms with Gasteiger partial charge in [-0.2, -0.15) is 0 Å². The Morgan fingerprint density at radius 2 is 2.17 bits per heavy atom. The summed E-state index contributed by atoms with van der Waals surface area (Å²) in [5.41, 5.74) is 0.834. The van der Waals surface area contributed by atoms with Gasteiger partial charge in [-0.1, -0.05) is 6.07 Å². The lowest BCUT2D eigenvalue weighted by Gasteiger charge is -1.99. The van der Waals surface area contributed by atoms with Crippen LogP contribution in [0.15, 0.2) is 22.7 Å². The summed E-state index contributed by atoms with van der Waals surface area (Å²) < 4.78 is 13.0. The van der Waals surface area contributed by atoms with E-state index in [0.717, 1.165) is 5.56 Å². The highest BCUT2D eigenvalue weighted by atomic mass is 79.9. The van der Waals surface area contributed by atoms with Crippen LogP contribution >= 0.6 is 28.3 Å². The number of halogens is 3. The van der Waals surface area contributed by atoms with Crippen molar-refractivity contribution in [1.82, 2.24) is 0 Å². The summed E-state index contributed by atoms with van der Waals surface area (Å²) in [6.45, 7) is 0.291. The second kappa shape index (κ2) is 5.48. The molecule has 5 heteroatoms. The van der Waals surface area contributed by atoms with Crippen molar-refractivity contribution in [2.75, 3.05) is 0 Å². The van der Waals surface area contributed by atoms with E-state index in [4.69, 9.17) is 5.90 Å². The minimum Gasteiger partial charge on any atom is -0.300 e. The SMILES string of the molecule is Cl.NOCc1ccc(F)c(Br)c1. The van der Waals surface area contributed by atoms with Crippen molar-refractivity contribution in [1.29, 1.82) is 0 Å². The monoisotopic (exact) mass is 255 g/mol. The highest BCUT2D eigenvalue weighted by molar-refractivity contribution is 9.10. The first-order chi connectivity index (χ1) is 5.24. The zero-order valence-electron chi connectivity index (χ0n) is 6.09. The summed E-state index contributed by atoms with van der Waals surface area (Å²) in [6, 6.07) is 4.60. The lowest BCUT2D eigenvalue weighted by Crippen LogP contribution is -1.98. The van der Waals surface area contributed by atoms with E-state index in [1.807, 2.05) is 0 Å².